The first-order chi connectivity index (χ1) is 13.3. The van der Waals surface area contributed by atoms with Crippen LogP contribution in [0.5, 0.6) is 0 Å². The van der Waals surface area contributed by atoms with Gasteiger partial charge in [-0.05, 0) is 55.2 Å². The van der Waals surface area contributed by atoms with Crippen LogP contribution in [0.2, 0.25) is 0 Å². The van der Waals surface area contributed by atoms with Gasteiger partial charge in [0.05, 0.1) is 19.4 Å². The molecular weight excluding hydrogens is 370 g/mol. The SMILES string of the molecule is Cc1ccc(CN(Cc2ccco2)Cc2ccc(C(O)(C(C)C)C(C)C)o2)s1. The summed E-state index contributed by atoms with van der Waals surface area (Å²) in [7, 11) is 0. The van der Waals surface area contributed by atoms with Gasteiger partial charge in [-0.1, -0.05) is 27.7 Å². The molecule has 0 spiro atoms. The third kappa shape index (κ3) is 4.59. The summed E-state index contributed by atoms with van der Waals surface area (Å²) in [5.74, 6) is 2.58. The van der Waals surface area contributed by atoms with Gasteiger partial charge in [0.1, 0.15) is 22.9 Å². The van der Waals surface area contributed by atoms with Crippen LogP contribution in [0.25, 0.3) is 0 Å². The van der Waals surface area contributed by atoms with E-state index in [-0.39, 0.29) is 11.8 Å². The zero-order valence-corrected chi connectivity index (χ0v) is 18.3. The Hall–Kier alpha value is -1.82. The molecule has 5 heteroatoms. The number of aryl methyl sites for hydroxylation is 1. The van der Waals surface area contributed by atoms with Crippen LogP contribution in [-0.2, 0) is 25.2 Å². The van der Waals surface area contributed by atoms with Crippen LogP contribution in [0, 0.1) is 18.8 Å². The Kier molecular flexibility index (Phi) is 6.48. The summed E-state index contributed by atoms with van der Waals surface area (Å²) < 4.78 is 11.7. The van der Waals surface area contributed by atoms with Gasteiger partial charge < -0.3 is 13.9 Å². The molecule has 152 valence electrons. The minimum Gasteiger partial charge on any atom is -0.468 e. The highest BCUT2D eigenvalue weighted by Crippen LogP contribution is 2.38. The molecule has 4 nitrogen and oxygen atoms in total. The van der Waals surface area contributed by atoms with Crippen molar-refractivity contribution >= 4 is 11.3 Å². The number of aliphatic hydroxyl groups is 1. The van der Waals surface area contributed by atoms with Crippen molar-refractivity contribution in [2.75, 3.05) is 0 Å². The average molecular weight is 402 g/mol. The Morgan fingerprint density at radius 2 is 1.68 bits per heavy atom. The molecule has 0 saturated carbocycles. The number of hydrogen-bond donors (Lipinski definition) is 1. The maximum Gasteiger partial charge on any atom is 0.136 e. The monoisotopic (exact) mass is 401 g/mol. The van der Waals surface area contributed by atoms with E-state index in [0.717, 1.165) is 18.1 Å². The van der Waals surface area contributed by atoms with E-state index in [2.05, 4.69) is 24.0 Å². The second-order valence-electron chi connectivity index (χ2n) is 8.14. The molecular formula is C23H31NO3S. The number of rotatable bonds is 9. The van der Waals surface area contributed by atoms with Gasteiger partial charge in [-0.2, -0.15) is 0 Å². The van der Waals surface area contributed by atoms with Gasteiger partial charge in [0.25, 0.3) is 0 Å². The average Bonchev–Trinajstić information content (AvgIpc) is 3.37. The molecule has 0 amide bonds. The standard InChI is InChI=1S/C23H31NO3S/c1-16(2)23(25,17(3)4)22-11-9-20(27-22)14-24(13-19-7-6-12-26-19)15-21-10-8-18(5)28-21/h6-12,16-17,25H,13-15H2,1-5H3. The minimum absolute atomic E-state index is 0.0693. The summed E-state index contributed by atoms with van der Waals surface area (Å²) in [5.41, 5.74) is -0.963. The van der Waals surface area contributed by atoms with Crippen LogP contribution in [0.1, 0.15) is 54.7 Å². The molecule has 3 aromatic rings. The van der Waals surface area contributed by atoms with E-state index in [1.165, 1.54) is 9.75 Å². The van der Waals surface area contributed by atoms with E-state index in [9.17, 15) is 5.11 Å². The van der Waals surface area contributed by atoms with Gasteiger partial charge in [0.15, 0.2) is 0 Å². The molecule has 0 atom stereocenters. The van der Waals surface area contributed by atoms with Crippen LogP contribution in [0.3, 0.4) is 0 Å². The third-order valence-electron chi connectivity index (χ3n) is 5.33. The molecule has 0 unspecified atom stereocenters. The number of nitrogens with zero attached hydrogens (tertiary/aromatic N) is 1. The van der Waals surface area contributed by atoms with E-state index < -0.39 is 5.60 Å². The number of thiophene rings is 1. The fourth-order valence-electron chi connectivity index (χ4n) is 3.72. The lowest BCUT2D eigenvalue weighted by Crippen LogP contribution is -2.37. The number of furan rings is 2. The smallest absolute Gasteiger partial charge is 0.136 e. The zero-order chi connectivity index (χ0) is 20.3. The van der Waals surface area contributed by atoms with Crippen molar-refractivity contribution in [2.24, 2.45) is 11.8 Å². The van der Waals surface area contributed by atoms with Crippen molar-refractivity contribution in [3.05, 3.63) is 69.7 Å². The second kappa shape index (κ2) is 8.68. The van der Waals surface area contributed by atoms with Crippen molar-refractivity contribution in [2.45, 2.75) is 59.9 Å². The Labute approximate surface area is 171 Å². The van der Waals surface area contributed by atoms with Crippen LogP contribution < -0.4 is 0 Å². The van der Waals surface area contributed by atoms with Gasteiger partial charge in [-0.25, -0.2) is 0 Å². The van der Waals surface area contributed by atoms with Gasteiger partial charge in [-0.15, -0.1) is 11.3 Å². The lowest BCUT2D eigenvalue weighted by molar-refractivity contribution is -0.0712. The fourth-order valence-corrected chi connectivity index (χ4v) is 4.65. The van der Waals surface area contributed by atoms with E-state index in [4.69, 9.17) is 8.83 Å². The largest absolute Gasteiger partial charge is 0.468 e. The Balaban J connectivity index is 1.79. The van der Waals surface area contributed by atoms with Crippen LogP contribution in [0.4, 0.5) is 0 Å². The van der Waals surface area contributed by atoms with E-state index in [1.807, 2.05) is 63.3 Å². The topological polar surface area (TPSA) is 49.8 Å². The molecule has 0 aliphatic heterocycles. The Bertz CT molecular complexity index is 852. The zero-order valence-electron chi connectivity index (χ0n) is 17.4. The van der Waals surface area contributed by atoms with Crippen molar-refractivity contribution in [3.8, 4) is 0 Å². The Morgan fingerprint density at radius 1 is 0.964 bits per heavy atom. The molecule has 0 radical (unpaired) electrons. The molecule has 3 heterocycles. The lowest BCUT2D eigenvalue weighted by atomic mass is 9.78. The van der Waals surface area contributed by atoms with E-state index >= 15 is 0 Å². The van der Waals surface area contributed by atoms with Gasteiger partial charge in [0.2, 0.25) is 0 Å². The molecule has 28 heavy (non-hydrogen) atoms. The highest BCUT2D eigenvalue weighted by Gasteiger charge is 2.39. The van der Waals surface area contributed by atoms with Crippen LogP contribution >= 0.6 is 11.3 Å². The lowest BCUT2D eigenvalue weighted by Gasteiger charge is -2.34. The maximum absolute atomic E-state index is 11.2. The van der Waals surface area contributed by atoms with Crippen molar-refractivity contribution in [1.29, 1.82) is 0 Å². The summed E-state index contributed by atoms with van der Waals surface area (Å²) in [5, 5.41) is 11.2. The molecule has 0 aliphatic carbocycles. The van der Waals surface area contributed by atoms with Crippen molar-refractivity contribution < 1.29 is 13.9 Å². The third-order valence-corrected chi connectivity index (χ3v) is 6.32. The predicted molar refractivity (Wildman–Crippen MR) is 113 cm³/mol. The summed E-state index contributed by atoms with van der Waals surface area (Å²) in [4.78, 5) is 4.93. The molecule has 0 aromatic carbocycles. The molecule has 0 bridgehead atoms. The first-order valence-electron chi connectivity index (χ1n) is 9.90. The summed E-state index contributed by atoms with van der Waals surface area (Å²) in [6.07, 6.45) is 1.71. The van der Waals surface area contributed by atoms with Gasteiger partial charge in [-0.3, -0.25) is 4.90 Å². The first-order valence-corrected chi connectivity index (χ1v) is 10.7. The van der Waals surface area contributed by atoms with Crippen molar-refractivity contribution in [3.63, 3.8) is 0 Å². The predicted octanol–water partition coefficient (Wildman–Crippen LogP) is 5.94. The van der Waals surface area contributed by atoms with E-state index in [1.54, 1.807) is 6.26 Å². The molecule has 3 aromatic heterocycles. The molecule has 0 fully saturated rings. The molecule has 0 aliphatic rings. The van der Waals surface area contributed by atoms with Gasteiger partial charge in [0, 0.05) is 16.3 Å². The van der Waals surface area contributed by atoms with Crippen molar-refractivity contribution in [1.82, 2.24) is 4.90 Å². The summed E-state index contributed by atoms with van der Waals surface area (Å²) in [6, 6.07) is 12.2. The summed E-state index contributed by atoms with van der Waals surface area (Å²) in [6.45, 7) is 12.4. The highest BCUT2D eigenvalue weighted by molar-refractivity contribution is 7.11. The molecule has 0 saturated heterocycles. The molecule has 3 rings (SSSR count). The Morgan fingerprint density at radius 3 is 2.25 bits per heavy atom. The first kappa shape index (κ1) is 20.9. The van der Waals surface area contributed by atoms with E-state index in [0.29, 0.717) is 18.8 Å². The molecule has 1 N–H and O–H groups in total. The maximum atomic E-state index is 11.2. The number of hydrogen-bond acceptors (Lipinski definition) is 5. The highest BCUT2D eigenvalue weighted by atomic mass is 32.1. The fraction of sp³-hybridized carbons (Fsp3) is 0.478. The quantitative estimate of drug-likeness (QED) is 0.482. The normalized spacial score (nSPS) is 12.6. The second-order valence-corrected chi connectivity index (χ2v) is 9.51. The van der Waals surface area contributed by atoms with Gasteiger partial charge >= 0.3 is 0 Å². The van der Waals surface area contributed by atoms with Crippen LogP contribution in [-0.4, -0.2) is 10.0 Å². The minimum atomic E-state index is -0.963. The summed E-state index contributed by atoms with van der Waals surface area (Å²) >= 11 is 1.81. The van der Waals surface area contributed by atoms with Crippen LogP contribution in [0.15, 0.2) is 51.5 Å².